The van der Waals surface area contributed by atoms with Gasteiger partial charge in [-0.15, -0.1) is 0 Å². The van der Waals surface area contributed by atoms with E-state index < -0.39 is 6.09 Å². The number of amides is 1. The Morgan fingerprint density at radius 2 is 1.94 bits per heavy atom. The van der Waals surface area contributed by atoms with Crippen molar-refractivity contribution in [1.29, 1.82) is 0 Å². The fraction of sp³-hybridized carbons (Fsp3) is 0.417. The Hall–Kier alpha value is -1.91. The maximum absolute atomic E-state index is 11.0. The van der Waals surface area contributed by atoms with Crippen molar-refractivity contribution in [3.63, 3.8) is 0 Å². The molecule has 1 amide bonds. The SMILES string of the molecule is Nc1ccc(N2C[C@H]3C[C@@H]2CN3C(=O)O)cc1. The van der Waals surface area contributed by atoms with Crippen molar-refractivity contribution in [2.24, 2.45) is 0 Å². The third-order valence-electron chi connectivity index (χ3n) is 3.71. The molecule has 2 atom stereocenters. The maximum atomic E-state index is 11.0. The highest BCUT2D eigenvalue weighted by molar-refractivity contribution is 5.67. The van der Waals surface area contributed by atoms with Crippen LogP contribution >= 0.6 is 0 Å². The fourth-order valence-electron chi connectivity index (χ4n) is 2.88. The van der Waals surface area contributed by atoms with Gasteiger partial charge in [-0.3, -0.25) is 0 Å². The van der Waals surface area contributed by atoms with Gasteiger partial charge in [0.05, 0.1) is 6.04 Å². The fourth-order valence-corrected chi connectivity index (χ4v) is 2.88. The molecule has 1 aromatic carbocycles. The number of piperazine rings is 1. The Labute approximate surface area is 99.4 Å². The van der Waals surface area contributed by atoms with Crippen LogP contribution in [0.25, 0.3) is 0 Å². The van der Waals surface area contributed by atoms with E-state index in [0.29, 0.717) is 12.6 Å². The van der Waals surface area contributed by atoms with Crippen molar-refractivity contribution in [2.45, 2.75) is 18.5 Å². The Balaban J connectivity index is 1.78. The predicted octanol–water partition coefficient (Wildman–Crippen LogP) is 1.21. The highest BCUT2D eigenvalue weighted by Crippen LogP contribution is 2.34. The minimum Gasteiger partial charge on any atom is -0.465 e. The van der Waals surface area contributed by atoms with Gasteiger partial charge in [-0.1, -0.05) is 0 Å². The summed E-state index contributed by atoms with van der Waals surface area (Å²) in [6.45, 7) is 1.41. The molecule has 0 aliphatic carbocycles. The van der Waals surface area contributed by atoms with E-state index in [2.05, 4.69) is 4.90 Å². The van der Waals surface area contributed by atoms with E-state index in [1.807, 2.05) is 24.3 Å². The van der Waals surface area contributed by atoms with Crippen LogP contribution in [0.15, 0.2) is 24.3 Å². The van der Waals surface area contributed by atoms with Crippen molar-refractivity contribution in [3.8, 4) is 0 Å². The number of fused-ring (bicyclic) bond motifs is 2. The number of hydrogen-bond acceptors (Lipinski definition) is 3. The van der Waals surface area contributed by atoms with Crippen LogP contribution in [0.5, 0.6) is 0 Å². The number of likely N-dealkylation sites (tertiary alicyclic amines) is 1. The molecule has 90 valence electrons. The van der Waals surface area contributed by atoms with Crippen molar-refractivity contribution in [3.05, 3.63) is 24.3 Å². The van der Waals surface area contributed by atoms with Gasteiger partial charge in [0.25, 0.3) is 0 Å². The average Bonchev–Trinajstić information content (AvgIpc) is 2.89. The van der Waals surface area contributed by atoms with Crippen LogP contribution in [0, 0.1) is 0 Å². The summed E-state index contributed by atoms with van der Waals surface area (Å²) in [5, 5.41) is 9.02. The first-order chi connectivity index (χ1) is 8.15. The molecule has 0 radical (unpaired) electrons. The second kappa shape index (κ2) is 3.55. The summed E-state index contributed by atoms with van der Waals surface area (Å²) in [5.74, 6) is 0. The summed E-state index contributed by atoms with van der Waals surface area (Å²) in [6, 6.07) is 8.24. The summed E-state index contributed by atoms with van der Waals surface area (Å²) in [4.78, 5) is 14.8. The number of benzene rings is 1. The molecule has 2 heterocycles. The molecule has 5 heteroatoms. The summed E-state index contributed by atoms with van der Waals surface area (Å²) < 4.78 is 0. The normalized spacial score (nSPS) is 26.6. The number of nitrogens with zero attached hydrogens (tertiary/aromatic N) is 2. The van der Waals surface area contributed by atoms with Gasteiger partial charge in [0.2, 0.25) is 0 Å². The number of rotatable bonds is 1. The molecular weight excluding hydrogens is 218 g/mol. The zero-order chi connectivity index (χ0) is 12.0. The second-order valence-electron chi connectivity index (χ2n) is 4.72. The molecular formula is C12H15N3O2. The average molecular weight is 233 g/mol. The maximum Gasteiger partial charge on any atom is 0.407 e. The molecule has 2 fully saturated rings. The van der Waals surface area contributed by atoms with Gasteiger partial charge in [-0.05, 0) is 30.7 Å². The van der Waals surface area contributed by atoms with Gasteiger partial charge in [-0.2, -0.15) is 0 Å². The molecule has 2 saturated heterocycles. The highest BCUT2D eigenvalue weighted by atomic mass is 16.4. The molecule has 0 unspecified atom stereocenters. The van der Waals surface area contributed by atoms with E-state index in [9.17, 15) is 4.79 Å². The second-order valence-corrected chi connectivity index (χ2v) is 4.72. The Kier molecular flexibility index (Phi) is 2.14. The quantitative estimate of drug-likeness (QED) is 0.715. The third kappa shape index (κ3) is 1.58. The third-order valence-corrected chi connectivity index (χ3v) is 3.71. The van der Waals surface area contributed by atoms with E-state index in [1.165, 1.54) is 0 Å². The zero-order valence-electron chi connectivity index (χ0n) is 9.41. The molecule has 0 spiro atoms. The van der Waals surface area contributed by atoms with Gasteiger partial charge in [0, 0.05) is 30.5 Å². The smallest absolute Gasteiger partial charge is 0.407 e. The highest BCUT2D eigenvalue weighted by Gasteiger charge is 2.45. The molecule has 3 N–H and O–H groups in total. The largest absolute Gasteiger partial charge is 0.465 e. The molecule has 0 aromatic heterocycles. The van der Waals surface area contributed by atoms with Crippen LogP contribution in [0.2, 0.25) is 0 Å². The van der Waals surface area contributed by atoms with Crippen LogP contribution in [-0.2, 0) is 0 Å². The number of hydrogen-bond donors (Lipinski definition) is 2. The minimum absolute atomic E-state index is 0.148. The van der Waals surface area contributed by atoms with Crippen LogP contribution in [0.3, 0.4) is 0 Å². The summed E-state index contributed by atoms with van der Waals surface area (Å²) in [6.07, 6.45) is 0.144. The van der Waals surface area contributed by atoms with Crippen molar-refractivity contribution in [2.75, 3.05) is 23.7 Å². The lowest BCUT2D eigenvalue weighted by molar-refractivity contribution is 0.137. The Morgan fingerprint density at radius 1 is 1.24 bits per heavy atom. The summed E-state index contributed by atoms with van der Waals surface area (Å²) in [7, 11) is 0. The van der Waals surface area contributed by atoms with Gasteiger partial charge >= 0.3 is 6.09 Å². The number of nitrogen functional groups attached to an aromatic ring is 1. The molecule has 0 saturated carbocycles. The van der Waals surface area contributed by atoms with Crippen LogP contribution in [0.1, 0.15) is 6.42 Å². The minimum atomic E-state index is -0.797. The van der Waals surface area contributed by atoms with Crippen LogP contribution in [0.4, 0.5) is 16.2 Å². The van der Waals surface area contributed by atoms with Crippen LogP contribution < -0.4 is 10.6 Å². The van der Waals surface area contributed by atoms with Gasteiger partial charge in [0.15, 0.2) is 0 Å². The number of carbonyl (C=O) groups is 1. The van der Waals surface area contributed by atoms with Gasteiger partial charge in [0.1, 0.15) is 0 Å². The monoisotopic (exact) mass is 233 g/mol. The van der Waals surface area contributed by atoms with E-state index in [4.69, 9.17) is 10.8 Å². The topological polar surface area (TPSA) is 69.8 Å². The summed E-state index contributed by atoms with van der Waals surface area (Å²) >= 11 is 0. The van der Waals surface area contributed by atoms with E-state index >= 15 is 0 Å². The van der Waals surface area contributed by atoms with Crippen molar-refractivity contribution >= 4 is 17.5 Å². The molecule has 5 nitrogen and oxygen atoms in total. The standard InChI is InChI=1S/C12H15N3O2/c13-8-1-3-9(4-2-8)14-6-11-5-10(14)7-15(11)12(16)17/h1-4,10-11H,5-7,13H2,(H,16,17)/t10-,11-/m1/s1. The van der Waals surface area contributed by atoms with E-state index in [0.717, 1.165) is 24.3 Å². The lowest BCUT2D eigenvalue weighted by atomic mass is 10.2. The molecule has 2 bridgehead atoms. The summed E-state index contributed by atoms with van der Waals surface area (Å²) in [5.41, 5.74) is 7.55. The first kappa shape index (κ1) is 10.3. The Bertz CT molecular complexity index is 446. The lowest BCUT2D eigenvalue weighted by Gasteiger charge is -2.34. The Morgan fingerprint density at radius 3 is 2.47 bits per heavy atom. The van der Waals surface area contributed by atoms with Crippen LogP contribution in [-0.4, -0.2) is 41.3 Å². The lowest BCUT2D eigenvalue weighted by Crippen LogP contribution is -2.48. The molecule has 2 aliphatic heterocycles. The number of carboxylic acid groups (broad SMARTS) is 1. The van der Waals surface area contributed by atoms with E-state index in [1.54, 1.807) is 4.90 Å². The first-order valence-electron chi connectivity index (χ1n) is 5.77. The van der Waals surface area contributed by atoms with Crippen molar-refractivity contribution in [1.82, 2.24) is 4.90 Å². The first-order valence-corrected chi connectivity index (χ1v) is 5.77. The van der Waals surface area contributed by atoms with Crippen molar-refractivity contribution < 1.29 is 9.90 Å². The molecule has 17 heavy (non-hydrogen) atoms. The van der Waals surface area contributed by atoms with E-state index in [-0.39, 0.29) is 6.04 Å². The predicted molar refractivity (Wildman–Crippen MR) is 65.1 cm³/mol. The zero-order valence-corrected chi connectivity index (χ0v) is 9.41. The van der Waals surface area contributed by atoms with Gasteiger partial charge in [-0.25, -0.2) is 4.79 Å². The molecule has 3 rings (SSSR count). The number of anilines is 2. The number of nitrogens with two attached hydrogens (primary N) is 1. The molecule has 1 aromatic rings. The van der Waals surface area contributed by atoms with Gasteiger partial charge < -0.3 is 20.6 Å². The molecule has 2 aliphatic rings.